The van der Waals surface area contributed by atoms with Gasteiger partial charge in [-0.05, 0) is 29.7 Å². The van der Waals surface area contributed by atoms with Crippen molar-refractivity contribution in [2.45, 2.75) is 6.42 Å². The molecule has 0 aromatic heterocycles. The summed E-state index contributed by atoms with van der Waals surface area (Å²) >= 11 is 0. The van der Waals surface area contributed by atoms with Gasteiger partial charge >= 0.3 is 0 Å². The van der Waals surface area contributed by atoms with Gasteiger partial charge in [-0.15, -0.1) is 0 Å². The Morgan fingerprint density at radius 1 is 0.714 bits per heavy atom. The van der Waals surface area contributed by atoms with Crippen LogP contribution in [0.25, 0.3) is 10.8 Å². The summed E-state index contributed by atoms with van der Waals surface area (Å²) in [5, 5.41) is 2.22. The van der Waals surface area contributed by atoms with E-state index in [1.807, 2.05) is 24.3 Å². The third-order valence-corrected chi connectivity index (χ3v) is 3.73. The zero-order chi connectivity index (χ0) is 14.7. The lowest BCUT2D eigenvalue weighted by Crippen LogP contribution is -1.95. The topological polar surface area (TPSA) is 18.5 Å². The summed E-state index contributed by atoms with van der Waals surface area (Å²) in [5.74, 6) is 1.76. The van der Waals surface area contributed by atoms with Crippen molar-refractivity contribution in [3.63, 3.8) is 0 Å². The lowest BCUT2D eigenvalue weighted by Gasteiger charge is -2.14. The molecule has 0 radical (unpaired) electrons. The molecular formula is C19H18O2. The van der Waals surface area contributed by atoms with Gasteiger partial charge in [-0.2, -0.15) is 0 Å². The van der Waals surface area contributed by atoms with E-state index in [-0.39, 0.29) is 0 Å². The van der Waals surface area contributed by atoms with E-state index in [0.29, 0.717) is 0 Å². The van der Waals surface area contributed by atoms with Crippen molar-refractivity contribution in [2.24, 2.45) is 0 Å². The molecule has 3 rings (SSSR count). The largest absolute Gasteiger partial charge is 0.496 e. The molecule has 0 N–H and O–H groups in total. The summed E-state index contributed by atoms with van der Waals surface area (Å²) in [5.41, 5.74) is 2.53. The molecule has 3 aromatic rings. The molecule has 0 bridgehead atoms. The van der Waals surface area contributed by atoms with Gasteiger partial charge in [-0.3, -0.25) is 0 Å². The van der Waals surface area contributed by atoms with E-state index in [2.05, 4.69) is 36.4 Å². The Bertz CT molecular complexity index is 748. The number of methoxy groups -OCH3 is 2. The smallest absolute Gasteiger partial charge is 0.127 e. The Morgan fingerprint density at radius 2 is 1.48 bits per heavy atom. The number of ether oxygens (including phenoxy) is 2. The first-order chi connectivity index (χ1) is 10.3. The highest BCUT2D eigenvalue weighted by Gasteiger charge is 2.11. The molecule has 0 saturated heterocycles. The van der Waals surface area contributed by atoms with Crippen LogP contribution in [0.5, 0.6) is 11.5 Å². The zero-order valence-electron chi connectivity index (χ0n) is 12.3. The molecule has 0 heterocycles. The molecule has 0 fully saturated rings. The van der Waals surface area contributed by atoms with Gasteiger partial charge in [-0.1, -0.05) is 48.5 Å². The van der Waals surface area contributed by atoms with Crippen LogP contribution in [0.3, 0.4) is 0 Å². The van der Waals surface area contributed by atoms with E-state index < -0.39 is 0 Å². The molecule has 0 atom stereocenters. The maximum absolute atomic E-state index is 5.55. The van der Waals surface area contributed by atoms with Crippen LogP contribution in [-0.2, 0) is 6.42 Å². The number of rotatable bonds is 4. The third kappa shape index (κ3) is 2.57. The highest BCUT2D eigenvalue weighted by molar-refractivity contribution is 5.96. The number of fused-ring (bicyclic) bond motifs is 1. The molecule has 0 amide bonds. The first-order valence-corrected chi connectivity index (χ1v) is 7.00. The van der Waals surface area contributed by atoms with Gasteiger partial charge in [0.2, 0.25) is 0 Å². The molecule has 0 aliphatic heterocycles. The van der Waals surface area contributed by atoms with Gasteiger partial charge in [0.15, 0.2) is 0 Å². The second kappa shape index (κ2) is 5.88. The Hall–Kier alpha value is -2.48. The highest BCUT2D eigenvalue weighted by atomic mass is 16.5. The Balaban J connectivity index is 2.18. The van der Waals surface area contributed by atoms with Gasteiger partial charge < -0.3 is 9.47 Å². The van der Waals surface area contributed by atoms with Crippen LogP contribution in [0.4, 0.5) is 0 Å². The monoisotopic (exact) mass is 278 g/mol. The zero-order valence-corrected chi connectivity index (χ0v) is 12.3. The molecule has 0 aliphatic carbocycles. The maximum atomic E-state index is 5.55. The van der Waals surface area contributed by atoms with Crippen molar-refractivity contribution in [3.05, 3.63) is 71.8 Å². The van der Waals surface area contributed by atoms with Crippen LogP contribution in [0.1, 0.15) is 11.1 Å². The molecule has 2 heteroatoms. The Kier molecular flexibility index (Phi) is 3.78. The maximum Gasteiger partial charge on any atom is 0.127 e. The van der Waals surface area contributed by atoms with Crippen molar-refractivity contribution in [1.82, 2.24) is 0 Å². The van der Waals surface area contributed by atoms with Crippen LogP contribution in [0.15, 0.2) is 60.7 Å². The second-order valence-corrected chi connectivity index (χ2v) is 4.97. The predicted molar refractivity (Wildman–Crippen MR) is 86.3 cm³/mol. The minimum atomic E-state index is 0.876. The summed E-state index contributed by atoms with van der Waals surface area (Å²) in [6, 6.07) is 20.7. The summed E-state index contributed by atoms with van der Waals surface area (Å²) in [6.07, 6.45) is 0.877. The fraction of sp³-hybridized carbons (Fsp3) is 0.158. The molecule has 106 valence electrons. The van der Waals surface area contributed by atoms with E-state index in [4.69, 9.17) is 9.47 Å². The summed E-state index contributed by atoms with van der Waals surface area (Å²) in [4.78, 5) is 0. The number of hydrogen-bond donors (Lipinski definition) is 0. The second-order valence-electron chi connectivity index (χ2n) is 4.97. The molecular weight excluding hydrogens is 260 g/mol. The Labute approximate surface area is 124 Å². The average Bonchev–Trinajstić information content (AvgIpc) is 2.55. The van der Waals surface area contributed by atoms with E-state index in [1.54, 1.807) is 14.2 Å². The van der Waals surface area contributed by atoms with Gasteiger partial charge in [0.25, 0.3) is 0 Å². The van der Waals surface area contributed by atoms with Gasteiger partial charge in [0.05, 0.1) is 14.2 Å². The lowest BCUT2D eigenvalue weighted by atomic mass is 9.97. The normalized spacial score (nSPS) is 10.6. The first kappa shape index (κ1) is 13.5. The molecule has 0 saturated carbocycles. The van der Waals surface area contributed by atoms with E-state index in [0.717, 1.165) is 28.7 Å². The minimum absolute atomic E-state index is 0.876. The molecule has 0 unspecified atom stereocenters. The molecule has 3 aromatic carbocycles. The molecule has 2 nitrogen and oxygen atoms in total. The van der Waals surface area contributed by atoms with Crippen LogP contribution >= 0.6 is 0 Å². The van der Waals surface area contributed by atoms with Gasteiger partial charge in [0.1, 0.15) is 11.5 Å². The third-order valence-electron chi connectivity index (χ3n) is 3.73. The predicted octanol–water partition coefficient (Wildman–Crippen LogP) is 4.45. The average molecular weight is 278 g/mol. The SMILES string of the molecule is COc1ccc(Cc2ccccc2)c2c(OC)cccc12. The van der Waals surface area contributed by atoms with E-state index >= 15 is 0 Å². The van der Waals surface area contributed by atoms with Crippen molar-refractivity contribution >= 4 is 10.8 Å². The van der Waals surface area contributed by atoms with Crippen molar-refractivity contribution in [3.8, 4) is 11.5 Å². The first-order valence-electron chi connectivity index (χ1n) is 7.00. The summed E-state index contributed by atoms with van der Waals surface area (Å²) in [6.45, 7) is 0. The number of benzene rings is 3. The molecule has 21 heavy (non-hydrogen) atoms. The van der Waals surface area contributed by atoms with E-state index in [9.17, 15) is 0 Å². The van der Waals surface area contributed by atoms with Crippen molar-refractivity contribution in [2.75, 3.05) is 14.2 Å². The summed E-state index contributed by atoms with van der Waals surface area (Å²) < 4.78 is 11.0. The lowest BCUT2D eigenvalue weighted by molar-refractivity contribution is 0.415. The van der Waals surface area contributed by atoms with E-state index in [1.165, 1.54) is 11.1 Å². The Morgan fingerprint density at radius 3 is 2.19 bits per heavy atom. The van der Waals surface area contributed by atoms with Crippen LogP contribution < -0.4 is 9.47 Å². The fourth-order valence-corrected chi connectivity index (χ4v) is 2.73. The van der Waals surface area contributed by atoms with Crippen LogP contribution in [-0.4, -0.2) is 14.2 Å². The van der Waals surface area contributed by atoms with Crippen molar-refractivity contribution in [1.29, 1.82) is 0 Å². The number of hydrogen-bond acceptors (Lipinski definition) is 2. The summed E-state index contributed by atoms with van der Waals surface area (Å²) in [7, 11) is 3.41. The van der Waals surface area contributed by atoms with Crippen LogP contribution in [0, 0.1) is 0 Å². The highest BCUT2D eigenvalue weighted by Crippen LogP contribution is 2.35. The van der Waals surface area contributed by atoms with Gasteiger partial charge in [-0.25, -0.2) is 0 Å². The minimum Gasteiger partial charge on any atom is -0.496 e. The fourth-order valence-electron chi connectivity index (χ4n) is 2.73. The van der Waals surface area contributed by atoms with Crippen molar-refractivity contribution < 1.29 is 9.47 Å². The van der Waals surface area contributed by atoms with Gasteiger partial charge in [0, 0.05) is 10.8 Å². The molecule has 0 spiro atoms. The molecule has 0 aliphatic rings. The quantitative estimate of drug-likeness (QED) is 0.702. The standard InChI is InChI=1S/C19H18O2/c1-20-17-12-11-15(13-14-7-4-3-5-8-14)19-16(17)9-6-10-18(19)21-2/h3-12H,13H2,1-2H3. The van der Waals surface area contributed by atoms with Crippen LogP contribution in [0.2, 0.25) is 0 Å².